The van der Waals surface area contributed by atoms with Crippen molar-refractivity contribution in [3.63, 3.8) is 0 Å². The summed E-state index contributed by atoms with van der Waals surface area (Å²) in [5.41, 5.74) is 0.568. The Morgan fingerprint density at radius 3 is 2.49 bits per heavy atom. The van der Waals surface area contributed by atoms with E-state index in [4.69, 9.17) is 4.42 Å². The summed E-state index contributed by atoms with van der Waals surface area (Å²) in [6, 6.07) is 6.79. The van der Waals surface area contributed by atoms with E-state index in [1.165, 1.54) is 0 Å². The van der Waals surface area contributed by atoms with Crippen LogP contribution >= 0.6 is 12.6 Å². The number of amides is 4. The van der Waals surface area contributed by atoms with Crippen molar-refractivity contribution in [1.29, 1.82) is 0 Å². The summed E-state index contributed by atoms with van der Waals surface area (Å²) < 4.78 is 5.73. The number of carbonyl (C=O) groups excluding carboxylic acids is 4. The van der Waals surface area contributed by atoms with E-state index in [1.54, 1.807) is 12.1 Å². The number of hydrogen-bond donors (Lipinski definition) is 6. The molecule has 0 radical (unpaired) electrons. The van der Waals surface area contributed by atoms with Crippen LogP contribution in [0.3, 0.4) is 0 Å². The molecule has 0 spiro atoms. The van der Waals surface area contributed by atoms with Crippen LogP contribution in [0.1, 0.15) is 81.2 Å². The zero-order chi connectivity index (χ0) is 29.0. The van der Waals surface area contributed by atoms with Crippen molar-refractivity contribution in [2.24, 2.45) is 11.8 Å². The normalized spacial score (nSPS) is 22.7. The van der Waals surface area contributed by atoms with Gasteiger partial charge in [0.15, 0.2) is 5.76 Å². The van der Waals surface area contributed by atoms with E-state index in [0.29, 0.717) is 25.0 Å². The first-order chi connectivity index (χ1) is 19.7. The van der Waals surface area contributed by atoms with Crippen LogP contribution in [-0.4, -0.2) is 58.3 Å². The number of furan rings is 1. The highest BCUT2D eigenvalue weighted by molar-refractivity contribution is 7.82. The third-order valence-electron chi connectivity index (χ3n) is 8.53. The third kappa shape index (κ3) is 7.43. The molecule has 3 fully saturated rings. The molecule has 4 atom stereocenters. The number of thiol groups is 1. The molecule has 11 heteroatoms. The monoisotopic (exact) mass is 584 g/mol. The van der Waals surface area contributed by atoms with Crippen LogP contribution < -0.4 is 21.3 Å². The predicted molar refractivity (Wildman–Crippen MR) is 156 cm³/mol. The predicted octanol–water partition coefficient (Wildman–Crippen LogP) is 2.80. The van der Waals surface area contributed by atoms with Crippen LogP contribution in [-0.2, 0) is 14.4 Å². The number of nitrogens with one attached hydrogen (secondary N) is 4. The number of para-hydroxylation sites is 1. The smallest absolute Gasteiger partial charge is 0.287 e. The van der Waals surface area contributed by atoms with Crippen molar-refractivity contribution in [2.45, 2.75) is 93.7 Å². The zero-order valence-corrected chi connectivity index (χ0v) is 24.1. The molecule has 41 heavy (non-hydrogen) atoms. The average molecular weight is 585 g/mol. The molecule has 1 aromatic carbocycles. The summed E-state index contributed by atoms with van der Waals surface area (Å²) in [6.45, 7) is 0.566. The molecule has 2 saturated carbocycles. The molecule has 4 amide bonds. The largest absolute Gasteiger partial charge is 0.451 e. The zero-order valence-electron chi connectivity index (χ0n) is 23.2. The van der Waals surface area contributed by atoms with Gasteiger partial charge in [-0.25, -0.2) is 0 Å². The Balaban J connectivity index is 1.36. The van der Waals surface area contributed by atoms with Crippen LogP contribution in [0.2, 0.25) is 0 Å². The maximum absolute atomic E-state index is 13.9. The average Bonchev–Trinajstić information content (AvgIpc) is 3.67. The minimum atomic E-state index is -2.26. The molecule has 0 bridgehead atoms. The van der Waals surface area contributed by atoms with Gasteiger partial charge in [0.25, 0.3) is 11.8 Å². The standard InChI is InChI=1S/C30H40N4O6S/c35-26-20(10-6-14-31-26)17-25(30(39,41)29(38)32-21-12-13-21)34-27(36)22(15-18-7-2-1-3-8-18)33-28(37)24-16-19-9-4-5-11-23(19)40-24/h4-5,9,11,16,18,20-22,25,39,41H,1-3,6-8,10,12-15,17H2,(H,31,35)(H,32,38)(H,33,37)(H,34,36)/t20-,22-,25-,30-/m0/s1. The Hall–Kier alpha value is -3.05. The minimum absolute atomic E-state index is 0.0300. The van der Waals surface area contributed by atoms with Crippen LogP contribution in [0.5, 0.6) is 0 Å². The first kappa shape index (κ1) is 29.4. The summed E-state index contributed by atoms with van der Waals surface area (Å²) in [4.78, 5) is 50.5. The summed E-state index contributed by atoms with van der Waals surface area (Å²) in [5.74, 6) is -2.10. The van der Waals surface area contributed by atoms with Gasteiger partial charge < -0.3 is 30.8 Å². The number of carbonyl (C=O) groups is 4. The molecule has 10 nitrogen and oxygen atoms in total. The molecule has 1 saturated heterocycles. The number of aliphatic hydroxyl groups is 1. The fraction of sp³-hybridized carbons (Fsp3) is 0.600. The second kappa shape index (κ2) is 12.9. The number of rotatable bonds is 11. The number of benzene rings is 1. The lowest BCUT2D eigenvalue weighted by molar-refractivity contribution is -0.137. The van der Waals surface area contributed by atoms with Crippen molar-refractivity contribution in [3.05, 3.63) is 36.1 Å². The fourth-order valence-corrected chi connectivity index (χ4v) is 6.16. The van der Waals surface area contributed by atoms with E-state index in [2.05, 4.69) is 33.9 Å². The van der Waals surface area contributed by atoms with Gasteiger partial charge in [-0.15, -0.1) is 12.6 Å². The topological polar surface area (TPSA) is 150 Å². The molecule has 5 rings (SSSR count). The van der Waals surface area contributed by atoms with E-state index in [-0.39, 0.29) is 30.0 Å². The second-order valence-electron chi connectivity index (χ2n) is 11.8. The number of hydrogen-bond acceptors (Lipinski definition) is 7. The molecular weight excluding hydrogens is 544 g/mol. The number of piperidine rings is 1. The van der Waals surface area contributed by atoms with Crippen LogP contribution in [0.15, 0.2) is 34.7 Å². The third-order valence-corrected chi connectivity index (χ3v) is 9.05. The van der Waals surface area contributed by atoms with Gasteiger partial charge in [-0.1, -0.05) is 50.3 Å². The van der Waals surface area contributed by atoms with Gasteiger partial charge in [0.2, 0.25) is 16.7 Å². The van der Waals surface area contributed by atoms with Gasteiger partial charge in [-0.05, 0) is 56.6 Å². The van der Waals surface area contributed by atoms with Gasteiger partial charge in [0.1, 0.15) is 11.6 Å². The lowest BCUT2D eigenvalue weighted by atomic mass is 9.84. The maximum Gasteiger partial charge on any atom is 0.287 e. The SMILES string of the molecule is O=C(N[C@@H](CC1CCCCC1)C(=O)N[C@@H](C[C@@H]1CCCNC1=O)[C@](O)(S)C(=O)NC1CC1)c1cc2ccccc2o1. The molecule has 0 unspecified atom stereocenters. The number of fused-ring (bicyclic) bond motifs is 1. The Morgan fingerprint density at radius 1 is 1.02 bits per heavy atom. The molecule has 1 aliphatic heterocycles. The van der Waals surface area contributed by atoms with Crippen molar-refractivity contribution in [2.75, 3.05) is 6.54 Å². The van der Waals surface area contributed by atoms with Crippen LogP contribution in [0.4, 0.5) is 0 Å². The van der Waals surface area contributed by atoms with Crippen LogP contribution in [0, 0.1) is 11.8 Å². The Bertz CT molecular complexity index is 1240. The Morgan fingerprint density at radius 2 is 1.78 bits per heavy atom. The molecule has 5 N–H and O–H groups in total. The van der Waals surface area contributed by atoms with Gasteiger partial charge >= 0.3 is 0 Å². The van der Waals surface area contributed by atoms with Crippen molar-refractivity contribution >= 4 is 47.2 Å². The first-order valence-corrected chi connectivity index (χ1v) is 15.3. The first-order valence-electron chi connectivity index (χ1n) is 14.8. The van der Waals surface area contributed by atoms with Gasteiger partial charge in [-0.2, -0.15) is 0 Å². The van der Waals surface area contributed by atoms with Gasteiger partial charge in [-0.3, -0.25) is 19.2 Å². The summed E-state index contributed by atoms with van der Waals surface area (Å²) in [6.07, 6.45) is 8.58. The van der Waals surface area contributed by atoms with E-state index in [9.17, 15) is 24.3 Å². The lowest BCUT2D eigenvalue weighted by Gasteiger charge is -2.36. The molecule has 2 aromatic rings. The molecule has 222 valence electrons. The summed E-state index contributed by atoms with van der Waals surface area (Å²) in [7, 11) is 0. The highest BCUT2D eigenvalue weighted by Crippen LogP contribution is 2.30. The van der Waals surface area contributed by atoms with Gasteiger partial charge in [0, 0.05) is 23.9 Å². The van der Waals surface area contributed by atoms with Crippen molar-refractivity contribution in [3.8, 4) is 0 Å². The minimum Gasteiger partial charge on any atom is -0.451 e. The quantitative estimate of drug-likeness (QED) is 0.177. The van der Waals surface area contributed by atoms with Gasteiger partial charge in [0.05, 0.1) is 6.04 Å². The van der Waals surface area contributed by atoms with Crippen molar-refractivity contribution in [1.82, 2.24) is 21.3 Å². The molecule has 3 aliphatic rings. The summed E-state index contributed by atoms with van der Waals surface area (Å²) >= 11 is 4.33. The molecule has 2 aliphatic carbocycles. The lowest BCUT2D eigenvalue weighted by Crippen LogP contribution is -2.61. The molecule has 1 aromatic heterocycles. The second-order valence-corrected chi connectivity index (χ2v) is 12.5. The highest BCUT2D eigenvalue weighted by Gasteiger charge is 2.46. The maximum atomic E-state index is 13.9. The van der Waals surface area contributed by atoms with Crippen LogP contribution in [0.25, 0.3) is 11.0 Å². The fourth-order valence-electron chi connectivity index (χ4n) is 5.93. The Labute approximate surface area is 245 Å². The van der Waals surface area contributed by atoms with E-state index < -0.39 is 40.7 Å². The molecule has 2 heterocycles. The summed E-state index contributed by atoms with van der Waals surface area (Å²) in [5, 5.41) is 23.4. The highest BCUT2D eigenvalue weighted by atomic mass is 32.1. The van der Waals surface area contributed by atoms with E-state index in [1.807, 2.05) is 18.2 Å². The van der Waals surface area contributed by atoms with Crippen molar-refractivity contribution < 1.29 is 28.7 Å². The van der Waals surface area contributed by atoms with E-state index in [0.717, 1.165) is 56.8 Å². The van der Waals surface area contributed by atoms with E-state index >= 15 is 0 Å². The molecular formula is C30H40N4O6S. The Kier molecular flexibility index (Phi) is 9.23.